The highest BCUT2D eigenvalue weighted by atomic mass is 32.1. The van der Waals surface area contributed by atoms with Crippen molar-refractivity contribution in [2.24, 2.45) is 5.92 Å². The Labute approximate surface area is 128 Å². The first kappa shape index (κ1) is 12.4. The van der Waals surface area contributed by atoms with Crippen LogP contribution in [-0.2, 0) is 10.2 Å². The van der Waals surface area contributed by atoms with E-state index in [1.165, 1.54) is 35.3 Å². The first-order valence-corrected chi connectivity index (χ1v) is 8.74. The van der Waals surface area contributed by atoms with Gasteiger partial charge in [0.2, 0.25) is 0 Å². The Morgan fingerprint density at radius 2 is 2.14 bits per heavy atom. The molecule has 0 spiro atoms. The maximum absolute atomic E-state index is 5.45. The average molecular weight is 300 g/mol. The quantitative estimate of drug-likeness (QED) is 0.922. The minimum absolute atomic E-state index is 0.489. The van der Waals surface area contributed by atoms with Gasteiger partial charge in [0.1, 0.15) is 0 Å². The van der Waals surface area contributed by atoms with Gasteiger partial charge in [0.25, 0.3) is 0 Å². The molecule has 1 aliphatic carbocycles. The fourth-order valence-corrected chi connectivity index (χ4v) is 5.34. The molecule has 0 radical (unpaired) electrons. The van der Waals surface area contributed by atoms with Crippen LogP contribution in [0.25, 0.3) is 10.1 Å². The minimum Gasteiger partial charge on any atom is -0.378 e. The van der Waals surface area contributed by atoms with Crippen LogP contribution in [0, 0.1) is 5.92 Å². The fourth-order valence-electron chi connectivity index (χ4n) is 4.02. The normalized spacial score (nSPS) is 31.6. The molecule has 3 aliphatic rings. The van der Waals surface area contributed by atoms with Crippen molar-refractivity contribution in [1.82, 2.24) is 5.32 Å². The lowest BCUT2D eigenvalue weighted by Gasteiger charge is -2.28. The molecule has 0 amide bonds. The maximum atomic E-state index is 5.45. The van der Waals surface area contributed by atoms with E-state index >= 15 is 0 Å². The molecule has 3 nitrogen and oxygen atoms in total. The van der Waals surface area contributed by atoms with Gasteiger partial charge in [-0.25, -0.2) is 0 Å². The first-order valence-electron chi connectivity index (χ1n) is 7.93. The van der Waals surface area contributed by atoms with Crippen LogP contribution in [0.5, 0.6) is 0 Å². The lowest BCUT2D eigenvalue weighted by molar-refractivity contribution is 0.122. The van der Waals surface area contributed by atoms with Gasteiger partial charge in [0.05, 0.1) is 13.2 Å². The molecule has 0 bridgehead atoms. The summed E-state index contributed by atoms with van der Waals surface area (Å²) in [6, 6.07) is 9.42. The Morgan fingerprint density at radius 3 is 2.90 bits per heavy atom. The molecule has 4 heteroatoms. The van der Waals surface area contributed by atoms with E-state index in [1.807, 2.05) is 11.3 Å². The Morgan fingerprint density at radius 1 is 1.24 bits per heavy atom. The predicted octanol–water partition coefficient (Wildman–Crippen LogP) is 2.60. The summed E-state index contributed by atoms with van der Waals surface area (Å²) in [5, 5.41) is 4.98. The summed E-state index contributed by atoms with van der Waals surface area (Å²) >= 11 is 2.01. The average Bonchev–Trinajstić information content (AvgIpc) is 2.91. The highest BCUT2D eigenvalue weighted by molar-refractivity contribution is 7.19. The van der Waals surface area contributed by atoms with Gasteiger partial charge < -0.3 is 15.0 Å². The number of hydrogen-bond acceptors (Lipinski definition) is 4. The predicted molar refractivity (Wildman–Crippen MR) is 87.5 cm³/mol. The lowest BCUT2D eigenvalue weighted by Crippen LogP contribution is -2.36. The number of ether oxygens (including phenoxy) is 1. The summed E-state index contributed by atoms with van der Waals surface area (Å²) in [5.41, 5.74) is 1.84. The molecule has 3 heterocycles. The maximum Gasteiger partial charge on any atom is 0.0642 e. The number of piperidine rings is 1. The highest BCUT2D eigenvalue weighted by Gasteiger charge is 2.58. The van der Waals surface area contributed by atoms with E-state index < -0.39 is 0 Å². The van der Waals surface area contributed by atoms with Crippen molar-refractivity contribution >= 4 is 27.1 Å². The zero-order valence-electron chi connectivity index (χ0n) is 12.1. The Balaban J connectivity index is 1.51. The molecule has 2 atom stereocenters. The van der Waals surface area contributed by atoms with Crippen molar-refractivity contribution in [2.45, 2.75) is 11.8 Å². The molecule has 2 unspecified atom stereocenters. The smallest absolute Gasteiger partial charge is 0.0642 e. The van der Waals surface area contributed by atoms with Gasteiger partial charge in [0.15, 0.2) is 0 Å². The van der Waals surface area contributed by atoms with Gasteiger partial charge in [-0.2, -0.15) is 0 Å². The number of fused-ring (bicyclic) bond motifs is 2. The second-order valence-electron chi connectivity index (χ2n) is 6.62. The molecule has 110 valence electrons. The van der Waals surface area contributed by atoms with Crippen LogP contribution in [0.1, 0.15) is 11.3 Å². The zero-order chi connectivity index (χ0) is 13.9. The van der Waals surface area contributed by atoms with E-state index in [0.29, 0.717) is 5.41 Å². The van der Waals surface area contributed by atoms with Crippen LogP contribution in [0.3, 0.4) is 0 Å². The summed E-state index contributed by atoms with van der Waals surface area (Å²) in [6.45, 7) is 6.12. The van der Waals surface area contributed by atoms with Crippen molar-refractivity contribution < 1.29 is 4.74 Å². The summed E-state index contributed by atoms with van der Waals surface area (Å²) in [5.74, 6) is 0.893. The number of morpholine rings is 1. The second-order valence-corrected chi connectivity index (χ2v) is 7.70. The van der Waals surface area contributed by atoms with Gasteiger partial charge in [-0.05, 0) is 48.5 Å². The van der Waals surface area contributed by atoms with Gasteiger partial charge >= 0.3 is 0 Å². The molecule has 2 saturated heterocycles. The molecule has 2 aromatic rings. The molecule has 3 fully saturated rings. The lowest BCUT2D eigenvalue weighted by atomic mass is 10.0. The van der Waals surface area contributed by atoms with Crippen molar-refractivity contribution in [1.29, 1.82) is 0 Å². The minimum atomic E-state index is 0.489. The number of nitrogens with zero attached hydrogens (tertiary/aromatic N) is 1. The monoisotopic (exact) mass is 300 g/mol. The third-order valence-electron chi connectivity index (χ3n) is 5.43. The van der Waals surface area contributed by atoms with Gasteiger partial charge in [-0.3, -0.25) is 0 Å². The largest absolute Gasteiger partial charge is 0.378 e. The van der Waals surface area contributed by atoms with Crippen molar-refractivity contribution in [3.05, 3.63) is 29.1 Å². The molecule has 21 heavy (non-hydrogen) atoms. The summed E-state index contributed by atoms with van der Waals surface area (Å²) in [6.07, 6.45) is 1.39. The van der Waals surface area contributed by atoms with Crippen LogP contribution >= 0.6 is 11.3 Å². The number of thiophene rings is 1. The molecule has 5 rings (SSSR count). The van der Waals surface area contributed by atoms with Crippen molar-refractivity contribution in [3.63, 3.8) is 0 Å². The number of hydrogen-bond donors (Lipinski definition) is 1. The standard InChI is InChI=1S/C17H20N2OS/c1-2-15-12(7-14(1)19-3-5-20-6-4-19)8-16(21-15)17-9-13(17)10-18-11-17/h1-2,7-8,13,18H,3-6,9-11H2. The summed E-state index contributed by atoms with van der Waals surface area (Å²) in [7, 11) is 0. The summed E-state index contributed by atoms with van der Waals surface area (Å²) < 4.78 is 6.89. The first-order chi connectivity index (χ1) is 10.4. The molecular weight excluding hydrogens is 280 g/mol. The third kappa shape index (κ3) is 1.86. The van der Waals surface area contributed by atoms with E-state index in [2.05, 4.69) is 34.5 Å². The van der Waals surface area contributed by atoms with Crippen molar-refractivity contribution in [3.8, 4) is 0 Å². The third-order valence-corrected chi connectivity index (χ3v) is 6.77. The van der Waals surface area contributed by atoms with E-state index in [9.17, 15) is 0 Å². The van der Waals surface area contributed by atoms with Gasteiger partial charge in [0, 0.05) is 40.3 Å². The Bertz CT molecular complexity index is 691. The van der Waals surface area contributed by atoms with Crippen molar-refractivity contribution in [2.75, 3.05) is 44.3 Å². The van der Waals surface area contributed by atoms with Crippen LogP contribution in [0.2, 0.25) is 0 Å². The van der Waals surface area contributed by atoms with Crippen LogP contribution in [-0.4, -0.2) is 39.4 Å². The van der Waals surface area contributed by atoms with E-state index in [-0.39, 0.29) is 0 Å². The topological polar surface area (TPSA) is 24.5 Å². The molecule has 1 aromatic heterocycles. The van der Waals surface area contributed by atoms with E-state index in [1.54, 1.807) is 4.88 Å². The van der Waals surface area contributed by atoms with E-state index in [4.69, 9.17) is 4.74 Å². The molecular formula is C17H20N2OS. The Hall–Kier alpha value is -1.10. The molecule has 1 N–H and O–H groups in total. The molecule has 2 aliphatic heterocycles. The fraction of sp³-hybridized carbons (Fsp3) is 0.529. The van der Waals surface area contributed by atoms with Crippen LogP contribution in [0.15, 0.2) is 24.3 Å². The summed E-state index contributed by atoms with van der Waals surface area (Å²) in [4.78, 5) is 4.04. The Kier molecular flexibility index (Phi) is 2.64. The van der Waals surface area contributed by atoms with Gasteiger partial charge in [-0.1, -0.05) is 0 Å². The number of rotatable bonds is 2. The highest BCUT2D eigenvalue weighted by Crippen LogP contribution is 2.58. The van der Waals surface area contributed by atoms with Crippen LogP contribution in [0.4, 0.5) is 5.69 Å². The number of anilines is 1. The molecule has 1 saturated carbocycles. The van der Waals surface area contributed by atoms with Crippen LogP contribution < -0.4 is 10.2 Å². The second kappa shape index (κ2) is 4.45. The molecule has 1 aromatic carbocycles. The van der Waals surface area contributed by atoms with E-state index in [0.717, 1.165) is 32.2 Å². The number of nitrogens with one attached hydrogen (secondary N) is 1. The number of benzene rings is 1. The SMILES string of the molecule is c1cc2sc(C34CNCC3C4)cc2cc1N1CCOCC1. The van der Waals surface area contributed by atoms with Gasteiger partial charge in [-0.15, -0.1) is 11.3 Å². The zero-order valence-corrected chi connectivity index (χ0v) is 12.9.